The highest BCUT2D eigenvalue weighted by molar-refractivity contribution is 5.81. The Morgan fingerprint density at radius 3 is 2.90 bits per heavy atom. The van der Waals surface area contributed by atoms with Crippen LogP contribution in [0.4, 0.5) is 8.78 Å². The fraction of sp³-hybridized carbons (Fsp3) is 0.500. The lowest BCUT2D eigenvalue weighted by molar-refractivity contribution is -0.137. The van der Waals surface area contributed by atoms with Crippen LogP contribution in [-0.2, 0) is 11.3 Å². The molecule has 1 amide bonds. The van der Waals surface area contributed by atoms with Crippen molar-refractivity contribution >= 4 is 5.91 Å². The molecule has 1 aliphatic heterocycles. The van der Waals surface area contributed by atoms with Gasteiger partial charge in [0.25, 0.3) is 0 Å². The van der Waals surface area contributed by atoms with Crippen LogP contribution in [0.25, 0.3) is 0 Å². The second-order valence-corrected chi connectivity index (χ2v) is 8.91. The van der Waals surface area contributed by atoms with E-state index in [4.69, 9.17) is 5.26 Å². The van der Waals surface area contributed by atoms with Crippen molar-refractivity contribution < 1.29 is 13.6 Å². The van der Waals surface area contributed by atoms with Gasteiger partial charge in [0.15, 0.2) is 0 Å². The van der Waals surface area contributed by atoms with E-state index < -0.39 is 12.2 Å². The number of carbonyl (C=O) groups excluding carboxylic acids is 1. The molecule has 0 spiro atoms. The summed E-state index contributed by atoms with van der Waals surface area (Å²) in [5.74, 6) is -0.153. The molecule has 0 radical (unpaired) electrons. The van der Waals surface area contributed by atoms with E-state index >= 15 is 0 Å². The summed E-state index contributed by atoms with van der Waals surface area (Å²) in [5, 5.41) is 13.2. The average Bonchev–Trinajstić information content (AvgIpc) is 3.43. The van der Waals surface area contributed by atoms with Gasteiger partial charge in [0.05, 0.1) is 24.3 Å². The number of hydrogen-bond acceptors (Lipinski definition) is 3. The lowest BCUT2D eigenvalue weighted by Crippen LogP contribution is -2.38. The van der Waals surface area contributed by atoms with Crippen molar-refractivity contribution in [1.82, 2.24) is 14.7 Å². The summed E-state index contributed by atoms with van der Waals surface area (Å²) in [4.78, 5) is 15.0. The zero-order chi connectivity index (χ0) is 20.2. The van der Waals surface area contributed by atoms with Crippen LogP contribution in [-0.4, -0.2) is 33.3 Å². The number of benzene rings is 1. The first-order valence-electron chi connectivity index (χ1n) is 10.1. The highest BCUT2D eigenvalue weighted by Gasteiger charge is 2.59. The standard InChI is InChI=1S/C22H22F2N4O/c23-17-3-1-2-15(4-17)20-5-18(24)12-28(20)21(29)19-8-22(6-16(19)7-22)13-27-11-14(9-25)10-26-27/h1-4,10-11,16,18-20H,5-8,12-13H2. The molecular weight excluding hydrogens is 374 g/mol. The zero-order valence-electron chi connectivity index (χ0n) is 16.0. The Bertz CT molecular complexity index is 991. The highest BCUT2D eigenvalue weighted by Crippen LogP contribution is 2.63. The maximum Gasteiger partial charge on any atom is 0.226 e. The summed E-state index contributed by atoms with van der Waals surface area (Å²) in [5.41, 5.74) is 1.23. The van der Waals surface area contributed by atoms with Crippen molar-refractivity contribution in [3.63, 3.8) is 0 Å². The fourth-order valence-electron chi connectivity index (χ4n) is 5.74. The topological polar surface area (TPSA) is 61.9 Å². The van der Waals surface area contributed by atoms with Crippen molar-refractivity contribution in [2.75, 3.05) is 6.54 Å². The summed E-state index contributed by atoms with van der Waals surface area (Å²) in [6, 6.07) is 7.84. The minimum Gasteiger partial charge on any atom is -0.332 e. The van der Waals surface area contributed by atoms with Gasteiger partial charge in [0.2, 0.25) is 5.91 Å². The second kappa shape index (κ2) is 6.65. The van der Waals surface area contributed by atoms with Gasteiger partial charge in [0, 0.05) is 25.1 Å². The van der Waals surface area contributed by atoms with Gasteiger partial charge in [0.1, 0.15) is 18.1 Å². The molecule has 5 nitrogen and oxygen atoms in total. The average molecular weight is 396 g/mol. The minimum atomic E-state index is -1.08. The normalized spacial score (nSPS) is 32.8. The Hall–Kier alpha value is -2.75. The molecule has 3 atom stereocenters. The number of nitrogens with zero attached hydrogens (tertiary/aromatic N) is 4. The van der Waals surface area contributed by atoms with Crippen LogP contribution >= 0.6 is 0 Å². The summed E-state index contributed by atoms with van der Waals surface area (Å²) in [6.45, 7) is 0.787. The van der Waals surface area contributed by atoms with Crippen molar-refractivity contribution in [3.8, 4) is 6.07 Å². The second-order valence-electron chi connectivity index (χ2n) is 8.91. The Morgan fingerprint density at radius 2 is 2.17 bits per heavy atom. The number of rotatable bonds is 4. The van der Waals surface area contributed by atoms with Crippen LogP contribution in [0, 0.1) is 34.4 Å². The fourth-order valence-corrected chi connectivity index (χ4v) is 5.74. The van der Waals surface area contributed by atoms with Crippen molar-refractivity contribution in [2.45, 2.75) is 44.4 Å². The molecular formula is C22H22F2N4O. The van der Waals surface area contributed by atoms with Gasteiger partial charge in [-0.3, -0.25) is 9.48 Å². The smallest absolute Gasteiger partial charge is 0.226 e. The highest BCUT2D eigenvalue weighted by atomic mass is 19.1. The number of aromatic nitrogens is 2. The molecule has 1 saturated heterocycles. The molecule has 29 heavy (non-hydrogen) atoms. The third-order valence-electron chi connectivity index (χ3n) is 6.96. The predicted molar refractivity (Wildman–Crippen MR) is 101 cm³/mol. The lowest BCUT2D eigenvalue weighted by atomic mass is 9.69. The predicted octanol–water partition coefficient (Wildman–Crippen LogP) is 3.62. The summed E-state index contributed by atoms with van der Waals surface area (Å²) in [6.07, 6.45) is 5.13. The Labute approximate surface area is 167 Å². The largest absolute Gasteiger partial charge is 0.332 e. The molecule has 3 aliphatic carbocycles. The van der Waals surface area contributed by atoms with E-state index in [1.807, 2.05) is 0 Å². The van der Waals surface area contributed by atoms with Gasteiger partial charge in [-0.05, 0) is 48.3 Å². The van der Waals surface area contributed by atoms with Crippen molar-refractivity contribution in [1.29, 1.82) is 5.26 Å². The minimum absolute atomic E-state index is 0.00182. The van der Waals surface area contributed by atoms with Crippen molar-refractivity contribution in [2.24, 2.45) is 17.3 Å². The van der Waals surface area contributed by atoms with Crippen LogP contribution in [0.1, 0.15) is 42.9 Å². The molecule has 0 N–H and O–H groups in total. The lowest BCUT2D eigenvalue weighted by Gasteiger charge is -2.38. The number of hydrogen-bond donors (Lipinski definition) is 0. The molecule has 4 fully saturated rings. The Balaban J connectivity index is 1.31. The first-order chi connectivity index (χ1) is 14.0. The maximum absolute atomic E-state index is 14.2. The van der Waals surface area contributed by atoms with E-state index in [0.29, 0.717) is 23.6 Å². The van der Waals surface area contributed by atoms with Crippen LogP contribution < -0.4 is 0 Å². The zero-order valence-corrected chi connectivity index (χ0v) is 16.0. The molecule has 1 aromatic heterocycles. The first kappa shape index (κ1) is 18.3. The molecule has 3 unspecified atom stereocenters. The number of carbonyl (C=O) groups is 1. The van der Waals surface area contributed by atoms with Gasteiger partial charge in [-0.25, -0.2) is 8.78 Å². The molecule has 150 valence electrons. The van der Waals surface area contributed by atoms with Gasteiger partial charge >= 0.3 is 0 Å². The van der Waals surface area contributed by atoms with Crippen molar-refractivity contribution in [3.05, 3.63) is 53.6 Å². The van der Waals surface area contributed by atoms with Gasteiger partial charge in [-0.2, -0.15) is 10.4 Å². The third-order valence-corrected chi connectivity index (χ3v) is 6.96. The molecule has 4 aliphatic rings. The van der Waals surface area contributed by atoms with Crippen LogP contribution in [0.2, 0.25) is 0 Å². The third kappa shape index (κ3) is 3.11. The summed E-state index contributed by atoms with van der Waals surface area (Å²) >= 11 is 0. The van der Waals surface area contributed by atoms with Gasteiger partial charge in [-0.1, -0.05) is 12.1 Å². The van der Waals surface area contributed by atoms with Gasteiger partial charge < -0.3 is 4.90 Å². The number of alkyl halides is 1. The molecule has 6 rings (SSSR count). The Kier molecular flexibility index (Phi) is 4.19. The van der Waals surface area contributed by atoms with E-state index in [2.05, 4.69) is 11.2 Å². The van der Waals surface area contributed by atoms with E-state index in [1.54, 1.807) is 34.1 Å². The van der Waals surface area contributed by atoms with Gasteiger partial charge in [-0.15, -0.1) is 0 Å². The molecule has 2 heterocycles. The van der Waals surface area contributed by atoms with Crippen LogP contribution in [0.3, 0.4) is 0 Å². The SMILES string of the molecule is N#Cc1cnn(CC23CC(C2)C(C(=O)N2CC(F)CC2c2cccc(F)c2)C3)c1. The quantitative estimate of drug-likeness (QED) is 0.793. The van der Waals surface area contributed by atoms with E-state index in [0.717, 1.165) is 19.3 Å². The monoisotopic (exact) mass is 396 g/mol. The number of halogens is 2. The van der Waals surface area contributed by atoms with E-state index in [9.17, 15) is 13.6 Å². The molecule has 3 saturated carbocycles. The number of nitriles is 1. The first-order valence-corrected chi connectivity index (χ1v) is 10.1. The summed E-state index contributed by atoms with van der Waals surface area (Å²) < 4.78 is 29.7. The molecule has 7 heteroatoms. The van der Waals surface area contributed by atoms with E-state index in [1.165, 1.54) is 12.1 Å². The van der Waals surface area contributed by atoms with E-state index in [-0.39, 0.29) is 36.0 Å². The number of amides is 1. The maximum atomic E-state index is 14.2. The van der Waals surface area contributed by atoms with Crippen LogP contribution in [0.15, 0.2) is 36.7 Å². The molecule has 2 bridgehead atoms. The molecule has 2 aromatic rings. The van der Waals surface area contributed by atoms with Crippen LogP contribution in [0.5, 0.6) is 0 Å². The number of likely N-dealkylation sites (tertiary alicyclic amines) is 1. The summed E-state index contributed by atoms with van der Waals surface area (Å²) in [7, 11) is 0. The molecule has 1 aromatic carbocycles. The number of fused-ring (bicyclic) bond motifs is 1. The Morgan fingerprint density at radius 1 is 1.34 bits per heavy atom.